The Morgan fingerprint density at radius 1 is 1.33 bits per heavy atom. The first kappa shape index (κ1) is 13.4. The molecule has 0 saturated heterocycles. The van der Waals surface area contributed by atoms with Gasteiger partial charge in [0.15, 0.2) is 0 Å². The highest BCUT2D eigenvalue weighted by Crippen LogP contribution is 2.25. The molecular weight excluding hydrogens is 222 g/mol. The Hall–Kier alpha value is -1.02. The molecule has 1 aromatic rings. The third kappa shape index (κ3) is 4.34. The van der Waals surface area contributed by atoms with Crippen LogP contribution in [0.2, 0.25) is 0 Å². The Labute approximate surface area is 111 Å². The molecule has 2 unspecified atom stereocenters. The Kier molecular flexibility index (Phi) is 5.06. The number of anilines is 1. The molecule has 2 nitrogen and oxygen atoms in total. The number of rotatable bonds is 5. The summed E-state index contributed by atoms with van der Waals surface area (Å²) in [6, 6.07) is 8.48. The summed E-state index contributed by atoms with van der Waals surface area (Å²) < 4.78 is 5.94. The van der Waals surface area contributed by atoms with Gasteiger partial charge in [-0.2, -0.15) is 0 Å². The first-order chi connectivity index (χ1) is 8.74. The first-order valence-corrected chi connectivity index (χ1v) is 7.16. The lowest BCUT2D eigenvalue weighted by molar-refractivity contribution is 0.0213. The second-order valence-electron chi connectivity index (χ2n) is 5.56. The topological polar surface area (TPSA) is 21.3 Å². The molecule has 0 bridgehead atoms. The minimum Gasteiger partial charge on any atom is -0.383 e. The highest BCUT2D eigenvalue weighted by molar-refractivity contribution is 5.45. The molecule has 2 atom stereocenters. The van der Waals surface area contributed by atoms with E-state index < -0.39 is 0 Å². The van der Waals surface area contributed by atoms with Crippen LogP contribution >= 0.6 is 0 Å². The highest BCUT2D eigenvalue weighted by atomic mass is 16.5. The lowest BCUT2D eigenvalue weighted by Crippen LogP contribution is -2.24. The minimum atomic E-state index is 0.494. The van der Waals surface area contributed by atoms with E-state index >= 15 is 0 Å². The molecule has 1 saturated carbocycles. The second kappa shape index (κ2) is 6.79. The number of hydrogen-bond donors (Lipinski definition) is 1. The van der Waals surface area contributed by atoms with E-state index in [0.717, 1.165) is 19.1 Å². The van der Waals surface area contributed by atoms with Crippen molar-refractivity contribution in [2.24, 2.45) is 5.92 Å². The van der Waals surface area contributed by atoms with Gasteiger partial charge in [-0.1, -0.05) is 31.9 Å². The number of hydrogen-bond acceptors (Lipinski definition) is 2. The highest BCUT2D eigenvalue weighted by Gasteiger charge is 2.18. The molecule has 0 aliphatic heterocycles. The monoisotopic (exact) mass is 247 g/mol. The van der Waals surface area contributed by atoms with Crippen molar-refractivity contribution >= 4 is 5.69 Å². The maximum absolute atomic E-state index is 5.94. The van der Waals surface area contributed by atoms with Gasteiger partial charge in [0.25, 0.3) is 0 Å². The lowest BCUT2D eigenvalue weighted by Gasteiger charge is -2.26. The molecule has 0 spiro atoms. The van der Waals surface area contributed by atoms with Crippen molar-refractivity contribution in [2.45, 2.75) is 45.6 Å². The van der Waals surface area contributed by atoms with Crippen LogP contribution in [0.4, 0.5) is 5.69 Å². The quantitative estimate of drug-likeness (QED) is 0.794. The van der Waals surface area contributed by atoms with Gasteiger partial charge >= 0.3 is 0 Å². The molecule has 18 heavy (non-hydrogen) atoms. The van der Waals surface area contributed by atoms with Crippen LogP contribution in [0.3, 0.4) is 0 Å². The van der Waals surface area contributed by atoms with Crippen LogP contribution in [-0.2, 0) is 4.74 Å². The van der Waals surface area contributed by atoms with Crippen molar-refractivity contribution in [1.29, 1.82) is 0 Å². The van der Waals surface area contributed by atoms with E-state index in [1.165, 1.54) is 36.9 Å². The normalized spacial score (nSPS) is 23.9. The van der Waals surface area contributed by atoms with Gasteiger partial charge in [-0.15, -0.1) is 0 Å². The largest absolute Gasteiger partial charge is 0.383 e. The Balaban J connectivity index is 1.64. The summed E-state index contributed by atoms with van der Waals surface area (Å²) >= 11 is 0. The molecule has 0 heterocycles. The van der Waals surface area contributed by atoms with Gasteiger partial charge in [-0.05, 0) is 43.4 Å². The van der Waals surface area contributed by atoms with Crippen LogP contribution < -0.4 is 5.32 Å². The molecule has 1 aliphatic rings. The maximum atomic E-state index is 5.94. The summed E-state index contributed by atoms with van der Waals surface area (Å²) in [7, 11) is 0. The van der Waals surface area contributed by atoms with Crippen molar-refractivity contribution in [3.05, 3.63) is 29.8 Å². The SMILES string of the molecule is Cc1cccc(NCCOC2CCCC(C)C2)c1. The Morgan fingerprint density at radius 2 is 2.22 bits per heavy atom. The predicted octanol–water partition coefficient (Wildman–Crippen LogP) is 4.00. The van der Waals surface area contributed by atoms with E-state index in [1.54, 1.807) is 0 Å². The van der Waals surface area contributed by atoms with Gasteiger partial charge in [0.2, 0.25) is 0 Å². The average Bonchev–Trinajstić information content (AvgIpc) is 2.35. The van der Waals surface area contributed by atoms with E-state index in [-0.39, 0.29) is 0 Å². The van der Waals surface area contributed by atoms with Gasteiger partial charge in [-0.25, -0.2) is 0 Å². The molecule has 1 aliphatic carbocycles. The maximum Gasteiger partial charge on any atom is 0.0642 e. The number of aryl methyl sites for hydroxylation is 1. The predicted molar refractivity (Wildman–Crippen MR) is 77.0 cm³/mol. The van der Waals surface area contributed by atoms with Crippen LogP contribution in [0.15, 0.2) is 24.3 Å². The summed E-state index contributed by atoms with van der Waals surface area (Å²) in [4.78, 5) is 0. The van der Waals surface area contributed by atoms with Crippen LogP contribution in [0.5, 0.6) is 0 Å². The molecule has 100 valence electrons. The van der Waals surface area contributed by atoms with Gasteiger partial charge in [0.05, 0.1) is 12.7 Å². The summed E-state index contributed by atoms with van der Waals surface area (Å²) in [5, 5.41) is 3.41. The fraction of sp³-hybridized carbons (Fsp3) is 0.625. The molecular formula is C16H25NO. The average molecular weight is 247 g/mol. The molecule has 1 fully saturated rings. The van der Waals surface area contributed by atoms with Crippen molar-refractivity contribution in [2.75, 3.05) is 18.5 Å². The fourth-order valence-electron chi connectivity index (χ4n) is 2.71. The third-order valence-corrected chi connectivity index (χ3v) is 3.69. The van der Waals surface area contributed by atoms with Crippen LogP contribution in [0.25, 0.3) is 0 Å². The van der Waals surface area contributed by atoms with Gasteiger partial charge in [-0.3, -0.25) is 0 Å². The summed E-state index contributed by atoms with van der Waals surface area (Å²) in [6.07, 6.45) is 5.69. The second-order valence-corrected chi connectivity index (χ2v) is 5.56. The number of nitrogens with one attached hydrogen (secondary N) is 1. The zero-order valence-electron chi connectivity index (χ0n) is 11.6. The van der Waals surface area contributed by atoms with E-state index in [1.807, 2.05) is 0 Å². The molecule has 0 radical (unpaired) electrons. The van der Waals surface area contributed by atoms with Gasteiger partial charge < -0.3 is 10.1 Å². The summed E-state index contributed by atoms with van der Waals surface area (Å²) in [5.41, 5.74) is 2.48. The molecule has 2 heteroatoms. The smallest absolute Gasteiger partial charge is 0.0642 e. The van der Waals surface area contributed by atoms with Gasteiger partial charge in [0, 0.05) is 12.2 Å². The summed E-state index contributed by atoms with van der Waals surface area (Å²) in [6.45, 7) is 6.16. The zero-order chi connectivity index (χ0) is 12.8. The molecule has 1 aromatic carbocycles. The van der Waals surface area contributed by atoms with Crippen LogP contribution in [0, 0.1) is 12.8 Å². The fourth-order valence-corrected chi connectivity index (χ4v) is 2.71. The Morgan fingerprint density at radius 3 is 3.00 bits per heavy atom. The molecule has 1 N–H and O–H groups in total. The van der Waals surface area contributed by atoms with Crippen molar-refractivity contribution in [3.8, 4) is 0 Å². The molecule has 0 amide bonds. The number of benzene rings is 1. The van der Waals surface area contributed by atoms with E-state index in [0.29, 0.717) is 6.10 Å². The summed E-state index contributed by atoms with van der Waals surface area (Å²) in [5.74, 6) is 0.841. The minimum absolute atomic E-state index is 0.494. The Bertz CT molecular complexity index is 364. The molecule has 2 rings (SSSR count). The van der Waals surface area contributed by atoms with E-state index in [4.69, 9.17) is 4.74 Å². The van der Waals surface area contributed by atoms with Crippen molar-refractivity contribution in [1.82, 2.24) is 0 Å². The van der Waals surface area contributed by atoms with E-state index in [2.05, 4.69) is 43.4 Å². The van der Waals surface area contributed by atoms with E-state index in [9.17, 15) is 0 Å². The lowest BCUT2D eigenvalue weighted by atomic mass is 9.89. The zero-order valence-corrected chi connectivity index (χ0v) is 11.6. The molecule has 0 aromatic heterocycles. The van der Waals surface area contributed by atoms with Crippen molar-refractivity contribution < 1.29 is 4.74 Å². The van der Waals surface area contributed by atoms with Crippen LogP contribution in [-0.4, -0.2) is 19.3 Å². The third-order valence-electron chi connectivity index (χ3n) is 3.69. The van der Waals surface area contributed by atoms with Gasteiger partial charge in [0.1, 0.15) is 0 Å². The number of ether oxygens (including phenoxy) is 1. The standard InChI is InChI=1S/C16H25NO/c1-13-5-3-7-15(11-13)17-9-10-18-16-8-4-6-14(2)12-16/h3,5,7,11,14,16-17H,4,6,8-10,12H2,1-2H3. The van der Waals surface area contributed by atoms with Crippen molar-refractivity contribution in [3.63, 3.8) is 0 Å². The first-order valence-electron chi connectivity index (χ1n) is 7.16. The van der Waals surface area contributed by atoms with Crippen LogP contribution in [0.1, 0.15) is 38.2 Å².